The van der Waals surface area contributed by atoms with E-state index in [0.29, 0.717) is 33.7 Å². The summed E-state index contributed by atoms with van der Waals surface area (Å²) in [6.45, 7) is 3.26. The van der Waals surface area contributed by atoms with Gasteiger partial charge in [-0.05, 0) is 102 Å². The number of aliphatic hydroxyl groups is 1. The molecule has 3 aliphatic rings. The lowest BCUT2D eigenvalue weighted by atomic mass is 9.86. The Hall–Kier alpha value is -6.54. The monoisotopic (exact) mass is 826 g/mol. The molecule has 3 atom stereocenters. The number of esters is 1. The summed E-state index contributed by atoms with van der Waals surface area (Å²) >= 11 is 0. The number of rotatable bonds is 15. The van der Waals surface area contributed by atoms with Crippen LogP contribution in [0.1, 0.15) is 68.7 Å². The van der Waals surface area contributed by atoms with Crippen LogP contribution in [0.2, 0.25) is 0 Å². The first kappa shape index (κ1) is 41.2. The van der Waals surface area contributed by atoms with E-state index < -0.39 is 30.0 Å². The third kappa shape index (κ3) is 10.1. The third-order valence-electron chi connectivity index (χ3n) is 11.4. The summed E-state index contributed by atoms with van der Waals surface area (Å²) in [7, 11) is 0. The number of aromatic hydroxyl groups is 1. The maximum Gasteiger partial charge on any atom is 0.408 e. The van der Waals surface area contributed by atoms with Crippen LogP contribution in [0.25, 0.3) is 10.9 Å². The Bertz CT molecular complexity index is 2540. The number of halogens is 1. The minimum atomic E-state index is -0.961. The van der Waals surface area contributed by atoms with E-state index in [4.69, 9.17) is 14.2 Å². The molecule has 3 fully saturated rings. The molecular weight excluding hydrogens is 780 g/mol. The zero-order valence-electron chi connectivity index (χ0n) is 33.4. The van der Waals surface area contributed by atoms with Gasteiger partial charge in [-0.2, -0.15) is 0 Å². The summed E-state index contributed by atoms with van der Waals surface area (Å²) in [4.78, 5) is 42.7. The van der Waals surface area contributed by atoms with E-state index in [-0.39, 0.29) is 54.8 Å². The maximum absolute atomic E-state index is 15.0. The number of nitrogens with zero attached hydrogens (tertiary/aromatic N) is 1. The number of carbonyl (C=O) groups excluding carboxylic acids is 2. The minimum absolute atomic E-state index is 0.0977. The van der Waals surface area contributed by atoms with Gasteiger partial charge in [0.25, 0.3) is 0 Å². The SMILES string of the molecule is O=C(N[C@@H](c1ccccc1)c1cccc(OCc2ccc(C(=O)OCc3ccc(CNC[C@H](O)c4ccc(O)c5[nH]c(=O)ccc45)cc3F)cc2)c1)O[C@H]1CN2CCC1CC2. The number of amides is 1. The van der Waals surface area contributed by atoms with Crippen molar-refractivity contribution in [3.05, 3.63) is 176 Å². The molecule has 0 saturated carbocycles. The highest BCUT2D eigenvalue weighted by atomic mass is 19.1. The number of hydrogen-bond acceptors (Lipinski definition) is 10. The number of aromatic nitrogens is 1. The lowest BCUT2D eigenvalue weighted by molar-refractivity contribution is -0.0336. The number of alkyl carbamates (subject to hydrolysis) is 1. The molecule has 1 amide bonds. The van der Waals surface area contributed by atoms with Gasteiger partial charge in [-0.15, -0.1) is 0 Å². The van der Waals surface area contributed by atoms with Crippen LogP contribution in [0.15, 0.2) is 126 Å². The average Bonchev–Trinajstić information content (AvgIpc) is 3.28. The molecule has 314 valence electrons. The Morgan fingerprint density at radius 3 is 2.38 bits per heavy atom. The van der Waals surface area contributed by atoms with Gasteiger partial charge >= 0.3 is 12.1 Å². The van der Waals surface area contributed by atoms with Gasteiger partial charge < -0.3 is 40.0 Å². The lowest BCUT2D eigenvalue weighted by Crippen LogP contribution is -2.52. The largest absolute Gasteiger partial charge is 0.506 e. The second-order valence-electron chi connectivity index (χ2n) is 15.6. The summed E-state index contributed by atoms with van der Waals surface area (Å²) < 4.78 is 32.6. The molecule has 13 heteroatoms. The van der Waals surface area contributed by atoms with Crippen molar-refractivity contribution in [1.82, 2.24) is 20.5 Å². The second kappa shape index (κ2) is 18.8. The number of carbonyl (C=O) groups is 2. The summed E-state index contributed by atoms with van der Waals surface area (Å²) in [6, 6.07) is 34.1. The normalized spacial score (nSPS) is 18.0. The number of nitrogens with one attached hydrogen (secondary N) is 3. The summed E-state index contributed by atoms with van der Waals surface area (Å²) in [5.41, 5.74) is 4.10. The van der Waals surface area contributed by atoms with Gasteiger partial charge in [-0.25, -0.2) is 14.0 Å². The number of fused-ring (bicyclic) bond motifs is 4. The summed E-state index contributed by atoms with van der Waals surface area (Å²) in [6.07, 6.45) is 0.592. The molecule has 61 heavy (non-hydrogen) atoms. The van der Waals surface area contributed by atoms with E-state index in [0.717, 1.165) is 49.2 Å². The Morgan fingerprint density at radius 1 is 0.852 bits per heavy atom. The van der Waals surface area contributed by atoms with Gasteiger partial charge in [-0.3, -0.25) is 9.69 Å². The molecule has 0 spiro atoms. The highest BCUT2D eigenvalue weighted by molar-refractivity contribution is 5.89. The van der Waals surface area contributed by atoms with Crippen LogP contribution in [0.3, 0.4) is 0 Å². The summed E-state index contributed by atoms with van der Waals surface area (Å²) in [5, 5.41) is 27.6. The van der Waals surface area contributed by atoms with E-state index in [1.54, 1.807) is 48.5 Å². The van der Waals surface area contributed by atoms with Gasteiger partial charge in [0, 0.05) is 36.7 Å². The van der Waals surface area contributed by atoms with E-state index in [2.05, 4.69) is 20.5 Å². The highest BCUT2D eigenvalue weighted by Crippen LogP contribution is 2.32. The first-order valence-electron chi connectivity index (χ1n) is 20.4. The van der Waals surface area contributed by atoms with Crippen molar-refractivity contribution in [3.8, 4) is 11.5 Å². The first-order chi connectivity index (χ1) is 29.7. The number of hydrogen-bond donors (Lipinski definition) is 5. The van der Waals surface area contributed by atoms with Crippen molar-refractivity contribution in [2.75, 3.05) is 26.2 Å². The molecule has 3 aliphatic heterocycles. The molecule has 0 unspecified atom stereocenters. The van der Waals surface area contributed by atoms with Crippen LogP contribution in [0.5, 0.6) is 11.5 Å². The van der Waals surface area contributed by atoms with Crippen LogP contribution in [-0.4, -0.2) is 64.4 Å². The standard InChI is InChI=1S/C48H47FN4O8/c49-40-23-31(25-50-26-42(55)38-15-17-41(54)46-39(38)16-18-44(56)51-46)11-14-36(40)29-60-47(57)34-12-9-30(10-13-34)28-59-37-8-4-7-35(24-37)45(33-5-2-1-3-6-33)52-48(58)61-43-27-53-21-19-32(43)20-22-53/h1-18,23-24,32,42-43,45,50,54-55H,19-22,25-29H2,(H,51,56)(H,52,58)/t42-,43-,45-/m0/s1. The second-order valence-corrected chi connectivity index (χ2v) is 15.6. The molecule has 1 aromatic heterocycles. The number of aliphatic hydroxyl groups excluding tert-OH is 1. The molecule has 6 aromatic rings. The zero-order chi connectivity index (χ0) is 42.3. The van der Waals surface area contributed by atoms with Crippen molar-refractivity contribution in [3.63, 3.8) is 0 Å². The highest BCUT2D eigenvalue weighted by Gasteiger charge is 2.37. The molecule has 4 heterocycles. The van der Waals surface area contributed by atoms with E-state index in [1.807, 2.05) is 54.6 Å². The predicted octanol–water partition coefficient (Wildman–Crippen LogP) is 7.04. The molecular formula is C48H47FN4O8. The van der Waals surface area contributed by atoms with E-state index in [9.17, 15) is 24.6 Å². The molecule has 3 saturated heterocycles. The van der Waals surface area contributed by atoms with Gasteiger partial charge in [0.05, 0.1) is 23.2 Å². The Kier molecular flexibility index (Phi) is 12.7. The minimum Gasteiger partial charge on any atom is -0.506 e. The third-order valence-corrected chi connectivity index (χ3v) is 11.4. The van der Waals surface area contributed by atoms with Crippen molar-refractivity contribution in [2.24, 2.45) is 5.92 Å². The number of H-pyrrole nitrogens is 1. The molecule has 9 rings (SSSR count). The van der Waals surface area contributed by atoms with Crippen LogP contribution in [0, 0.1) is 11.7 Å². The number of aromatic amines is 1. The lowest BCUT2D eigenvalue weighted by Gasteiger charge is -2.43. The van der Waals surface area contributed by atoms with E-state index in [1.165, 1.54) is 18.2 Å². The van der Waals surface area contributed by atoms with Gasteiger partial charge in [-0.1, -0.05) is 72.8 Å². The topological polar surface area (TPSA) is 162 Å². The number of ether oxygens (including phenoxy) is 3. The van der Waals surface area contributed by atoms with Gasteiger partial charge in [0.1, 0.15) is 36.6 Å². The number of pyridine rings is 1. The average molecular weight is 827 g/mol. The molecule has 5 N–H and O–H groups in total. The fourth-order valence-corrected chi connectivity index (χ4v) is 8.08. The summed E-state index contributed by atoms with van der Waals surface area (Å²) in [5.74, 6) is -0.221. The zero-order valence-corrected chi connectivity index (χ0v) is 33.4. The molecule has 0 radical (unpaired) electrons. The van der Waals surface area contributed by atoms with Crippen molar-refractivity contribution >= 4 is 23.0 Å². The van der Waals surface area contributed by atoms with Crippen molar-refractivity contribution in [2.45, 2.75) is 50.8 Å². The molecule has 2 bridgehead atoms. The van der Waals surface area contributed by atoms with Crippen LogP contribution in [0.4, 0.5) is 9.18 Å². The fraction of sp³-hybridized carbons (Fsp3) is 0.271. The number of phenolic OH excluding ortho intramolecular Hbond substituents is 1. The molecule has 5 aromatic carbocycles. The smallest absolute Gasteiger partial charge is 0.408 e. The quantitative estimate of drug-likeness (QED) is 0.0679. The number of phenols is 1. The molecule has 0 aliphatic carbocycles. The fourth-order valence-electron chi connectivity index (χ4n) is 8.08. The molecule has 12 nitrogen and oxygen atoms in total. The first-order valence-corrected chi connectivity index (χ1v) is 20.4. The van der Waals surface area contributed by atoms with Gasteiger partial charge in [0.15, 0.2) is 0 Å². The van der Waals surface area contributed by atoms with Crippen LogP contribution < -0.4 is 20.9 Å². The van der Waals surface area contributed by atoms with Crippen LogP contribution in [-0.2, 0) is 29.2 Å². The Morgan fingerprint density at radius 2 is 1.62 bits per heavy atom. The van der Waals surface area contributed by atoms with Crippen LogP contribution >= 0.6 is 0 Å². The van der Waals surface area contributed by atoms with Crippen molar-refractivity contribution in [1.29, 1.82) is 0 Å². The van der Waals surface area contributed by atoms with Gasteiger partial charge in [0.2, 0.25) is 5.56 Å². The predicted molar refractivity (Wildman–Crippen MR) is 226 cm³/mol. The van der Waals surface area contributed by atoms with Crippen molar-refractivity contribution < 1.29 is 38.4 Å². The van der Waals surface area contributed by atoms with E-state index >= 15 is 4.39 Å². The maximum atomic E-state index is 15.0. The number of benzene rings is 5. The Balaban J connectivity index is 0.813. The Labute approximate surface area is 351 Å². The number of piperidine rings is 3.